The van der Waals surface area contributed by atoms with E-state index in [1.807, 2.05) is 24.5 Å². The maximum Gasteiger partial charge on any atom is 0.0604 e. The summed E-state index contributed by atoms with van der Waals surface area (Å²) in [5, 5.41) is 0. The van der Waals surface area contributed by atoms with Gasteiger partial charge in [0.15, 0.2) is 0 Å². The molecule has 24 heavy (non-hydrogen) atoms. The number of likely N-dealkylation sites (tertiary alicyclic amines) is 1. The summed E-state index contributed by atoms with van der Waals surface area (Å²) in [6.45, 7) is 6.05. The Kier molecular flexibility index (Phi) is 5.59. The number of piperidine rings is 1. The van der Waals surface area contributed by atoms with Gasteiger partial charge in [-0.3, -0.25) is 14.9 Å². The molecule has 128 valence electrons. The summed E-state index contributed by atoms with van der Waals surface area (Å²) in [6.07, 6.45) is 8.36. The van der Waals surface area contributed by atoms with Gasteiger partial charge in [-0.2, -0.15) is 0 Å². The van der Waals surface area contributed by atoms with Crippen molar-refractivity contribution in [1.29, 1.82) is 0 Å². The fraction of sp³-hybridized carbons (Fsp3) is 0.500. The Balaban J connectivity index is 1.97. The Morgan fingerprint density at radius 1 is 1.00 bits per heavy atom. The molecular weight excluding hydrogens is 296 g/mol. The van der Waals surface area contributed by atoms with Gasteiger partial charge in [-0.1, -0.05) is 12.1 Å². The van der Waals surface area contributed by atoms with E-state index >= 15 is 0 Å². The van der Waals surface area contributed by atoms with E-state index in [1.165, 1.54) is 28.9 Å². The summed E-state index contributed by atoms with van der Waals surface area (Å²) in [7, 11) is 0. The molecule has 1 aliphatic heterocycles. The quantitative estimate of drug-likeness (QED) is 0.911. The van der Waals surface area contributed by atoms with Gasteiger partial charge in [0.2, 0.25) is 0 Å². The second kappa shape index (κ2) is 7.86. The standard InChI is InChI=1S/C20H28N4/c1-15-7-4-12-22-19(15)17-9-3-10-18(24(17)14-6-11-21)20-16(2)8-5-13-23-20/h4-5,7-8,12-13,17-18H,3,6,9-11,14,21H2,1-2H3. The second-order valence-electron chi connectivity index (χ2n) is 6.75. The van der Waals surface area contributed by atoms with Gasteiger partial charge in [0.25, 0.3) is 0 Å². The molecule has 2 atom stereocenters. The number of nitrogens with zero attached hydrogens (tertiary/aromatic N) is 3. The lowest BCUT2D eigenvalue weighted by atomic mass is 9.88. The molecule has 3 rings (SSSR count). The van der Waals surface area contributed by atoms with Crippen LogP contribution in [0.1, 0.15) is 60.3 Å². The number of rotatable bonds is 5. The molecule has 1 aliphatic rings. The molecule has 1 saturated heterocycles. The van der Waals surface area contributed by atoms with Crippen molar-refractivity contribution in [2.24, 2.45) is 5.73 Å². The van der Waals surface area contributed by atoms with Crippen LogP contribution < -0.4 is 5.73 Å². The number of hydrogen-bond acceptors (Lipinski definition) is 4. The molecule has 4 nitrogen and oxygen atoms in total. The lowest BCUT2D eigenvalue weighted by Gasteiger charge is -2.42. The smallest absolute Gasteiger partial charge is 0.0604 e. The largest absolute Gasteiger partial charge is 0.330 e. The third kappa shape index (κ3) is 3.50. The van der Waals surface area contributed by atoms with Crippen LogP contribution in [0.25, 0.3) is 0 Å². The summed E-state index contributed by atoms with van der Waals surface area (Å²) in [4.78, 5) is 12.0. The van der Waals surface area contributed by atoms with Crippen molar-refractivity contribution in [1.82, 2.24) is 14.9 Å². The van der Waals surface area contributed by atoms with Gasteiger partial charge >= 0.3 is 0 Å². The van der Waals surface area contributed by atoms with Crippen LogP contribution in [0.5, 0.6) is 0 Å². The van der Waals surface area contributed by atoms with E-state index in [9.17, 15) is 0 Å². The summed E-state index contributed by atoms with van der Waals surface area (Å²) in [5.74, 6) is 0. The third-order valence-corrected chi connectivity index (χ3v) is 5.11. The molecule has 1 fully saturated rings. The van der Waals surface area contributed by atoms with E-state index in [0.29, 0.717) is 12.1 Å². The highest BCUT2D eigenvalue weighted by atomic mass is 15.2. The normalized spacial score (nSPS) is 21.8. The van der Waals surface area contributed by atoms with Crippen molar-refractivity contribution < 1.29 is 0 Å². The first-order valence-electron chi connectivity index (χ1n) is 9.01. The Morgan fingerprint density at radius 2 is 1.54 bits per heavy atom. The second-order valence-corrected chi connectivity index (χ2v) is 6.75. The molecule has 2 unspecified atom stereocenters. The molecule has 0 saturated carbocycles. The number of nitrogens with two attached hydrogens (primary N) is 1. The lowest BCUT2D eigenvalue weighted by Crippen LogP contribution is -2.39. The molecule has 0 amide bonds. The van der Waals surface area contributed by atoms with Gasteiger partial charge in [0, 0.05) is 18.9 Å². The fourth-order valence-electron chi connectivity index (χ4n) is 3.92. The van der Waals surface area contributed by atoms with Crippen molar-refractivity contribution >= 4 is 0 Å². The highest BCUT2D eigenvalue weighted by molar-refractivity contribution is 5.25. The zero-order valence-corrected chi connectivity index (χ0v) is 14.8. The van der Waals surface area contributed by atoms with Gasteiger partial charge in [-0.25, -0.2) is 0 Å². The minimum atomic E-state index is 0.359. The van der Waals surface area contributed by atoms with Crippen LogP contribution in [0.2, 0.25) is 0 Å². The van der Waals surface area contributed by atoms with Gasteiger partial charge < -0.3 is 5.73 Å². The van der Waals surface area contributed by atoms with E-state index in [4.69, 9.17) is 15.7 Å². The number of pyridine rings is 2. The van der Waals surface area contributed by atoms with Crippen molar-refractivity contribution in [3.8, 4) is 0 Å². The molecule has 0 aliphatic carbocycles. The minimum Gasteiger partial charge on any atom is -0.330 e. The van der Waals surface area contributed by atoms with Crippen LogP contribution in [0.3, 0.4) is 0 Å². The maximum atomic E-state index is 5.82. The SMILES string of the molecule is Cc1cccnc1C1CCCC(c2ncccc2C)N1CCCN. The zero-order chi connectivity index (χ0) is 16.9. The van der Waals surface area contributed by atoms with Crippen LogP contribution in [-0.4, -0.2) is 28.0 Å². The Bertz CT molecular complexity index is 617. The monoisotopic (exact) mass is 324 g/mol. The Hall–Kier alpha value is -1.78. The highest BCUT2D eigenvalue weighted by Gasteiger charge is 2.34. The first-order valence-corrected chi connectivity index (χ1v) is 9.01. The molecule has 2 N–H and O–H groups in total. The molecular formula is C20H28N4. The topological polar surface area (TPSA) is 55.0 Å². The Labute approximate surface area is 145 Å². The van der Waals surface area contributed by atoms with Crippen molar-refractivity contribution in [3.63, 3.8) is 0 Å². The Morgan fingerprint density at radius 3 is 2.00 bits per heavy atom. The average Bonchev–Trinajstić information content (AvgIpc) is 2.61. The van der Waals surface area contributed by atoms with Crippen LogP contribution in [-0.2, 0) is 0 Å². The van der Waals surface area contributed by atoms with E-state index in [-0.39, 0.29) is 0 Å². The van der Waals surface area contributed by atoms with Crippen LogP contribution in [0.15, 0.2) is 36.7 Å². The predicted octanol–water partition coefficient (Wildman–Crippen LogP) is 3.71. The number of hydrogen-bond donors (Lipinski definition) is 1. The third-order valence-electron chi connectivity index (χ3n) is 5.11. The average molecular weight is 324 g/mol. The molecule has 0 radical (unpaired) electrons. The lowest BCUT2D eigenvalue weighted by molar-refractivity contribution is 0.0756. The van der Waals surface area contributed by atoms with Gasteiger partial charge in [0.1, 0.15) is 0 Å². The first kappa shape index (κ1) is 17.1. The van der Waals surface area contributed by atoms with E-state index in [0.717, 1.165) is 32.4 Å². The molecule has 3 heterocycles. The van der Waals surface area contributed by atoms with Crippen LogP contribution in [0, 0.1) is 13.8 Å². The fourth-order valence-corrected chi connectivity index (χ4v) is 3.92. The molecule has 4 heteroatoms. The van der Waals surface area contributed by atoms with Crippen molar-refractivity contribution in [2.75, 3.05) is 13.1 Å². The summed E-state index contributed by atoms with van der Waals surface area (Å²) in [5.41, 5.74) is 10.8. The first-order chi connectivity index (χ1) is 11.7. The van der Waals surface area contributed by atoms with E-state index in [2.05, 4.69) is 30.9 Å². The molecule has 2 aromatic heterocycles. The maximum absolute atomic E-state index is 5.82. The molecule has 2 aromatic rings. The van der Waals surface area contributed by atoms with Crippen LogP contribution >= 0.6 is 0 Å². The minimum absolute atomic E-state index is 0.359. The van der Waals surface area contributed by atoms with Crippen LogP contribution in [0.4, 0.5) is 0 Å². The van der Waals surface area contributed by atoms with E-state index < -0.39 is 0 Å². The van der Waals surface area contributed by atoms with Crippen molar-refractivity contribution in [2.45, 2.75) is 51.6 Å². The zero-order valence-electron chi connectivity index (χ0n) is 14.8. The van der Waals surface area contributed by atoms with Gasteiger partial charge in [-0.15, -0.1) is 0 Å². The summed E-state index contributed by atoms with van der Waals surface area (Å²) in [6, 6.07) is 9.09. The van der Waals surface area contributed by atoms with Crippen molar-refractivity contribution in [3.05, 3.63) is 59.2 Å². The van der Waals surface area contributed by atoms with E-state index in [1.54, 1.807) is 0 Å². The summed E-state index contributed by atoms with van der Waals surface area (Å²) < 4.78 is 0. The molecule has 0 bridgehead atoms. The van der Waals surface area contributed by atoms with Gasteiger partial charge in [0.05, 0.1) is 23.5 Å². The number of aryl methyl sites for hydroxylation is 2. The van der Waals surface area contributed by atoms with Gasteiger partial charge in [-0.05, 0) is 69.3 Å². The molecule has 0 spiro atoms. The summed E-state index contributed by atoms with van der Waals surface area (Å²) >= 11 is 0. The molecule has 0 aromatic carbocycles. The predicted molar refractivity (Wildman–Crippen MR) is 97.7 cm³/mol. The highest BCUT2D eigenvalue weighted by Crippen LogP contribution is 2.41. The number of aromatic nitrogens is 2.